The largest absolute Gasteiger partial charge is 0.497 e. The van der Waals surface area contributed by atoms with Crippen molar-refractivity contribution in [1.82, 2.24) is 0 Å². The maximum absolute atomic E-state index is 5.82. The van der Waals surface area contributed by atoms with Crippen LogP contribution in [0.3, 0.4) is 0 Å². The Morgan fingerprint density at radius 3 is 2.56 bits per heavy atom. The Kier molecular flexibility index (Phi) is 4.92. The topological polar surface area (TPSA) is 47.7 Å². The van der Waals surface area contributed by atoms with Gasteiger partial charge in [0.1, 0.15) is 5.75 Å². The van der Waals surface area contributed by atoms with Crippen LogP contribution in [0.25, 0.3) is 0 Å². The molecule has 4 heteroatoms. The molecule has 0 fully saturated rings. The lowest BCUT2D eigenvalue weighted by Crippen LogP contribution is -2.26. The Labute approximate surface area is 96.9 Å². The number of nitrogen functional groups attached to an aromatic ring is 1. The Balaban J connectivity index is 2.86. The van der Waals surface area contributed by atoms with Gasteiger partial charge in [0.05, 0.1) is 13.7 Å². The molecule has 4 nitrogen and oxygen atoms in total. The molecule has 0 amide bonds. The molecule has 2 N–H and O–H groups in total. The smallest absolute Gasteiger partial charge is 0.122 e. The molecule has 0 aromatic heterocycles. The highest BCUT2D eigenvalue weighted by Gasteiger charge is 2.06. The van der Waals surface area contributed by atoms with Crippen molar-refractivity contribution in [1.29, 1.82) is 0 Å². The van der Waals surface area contributed by atoms with Crippen molar-refractivity contribution >= 4 is 11.4 Å². The van der Waals surface area contributed by atoms with Gasteiger partial charge in [-0.15, -0.1) is 0 Å². The number of hydrogen-bond donors (Lipinski definition) is 1. The summed E-state index contributed by atoms with van der Waals surface area (Å²) in [6.07, 6.45) is 0. The molecular formula is C12H20N2O2. The van der Waals surface area contributed by atoms with Crippen LogP contribution in [0.2, 0.25) is 0 Å². The highest BCUT2D eigenvalue weighted by atomic mass is 16.5. The molecule has 0 aliphatic rings. The number of anilines is 2. The number of nitrogens with zero attached hydrogens (tertiary/aromatic N) is 1. The van der Waals surface area contributed by atoms with Crippen LogP contribution in [0.4, 0.5) is 11.4 Å². The van der Waals surface area contributed by atoms with Crippen molar-refractivity contribution in [3.05, 3.63) is 18.2 Å². The molecule has 0 spiro atoms. The molecule has 0 atom stereocenters. The summed E-state index contributed by atoms with van der Waals surface area (Å²) in [5, 5.41) is 0. The first-order chi connectivity index (χ1) is 7.71. The maximum Gasteiger partial charge on any atom is 0.122 e. The molecule has 0 unspecified atom stereocenters. The number of nitrogens with two attached hydrogens (primary N) is 1. The van der Waals surface area contributed by atoms with Gasteiger partial charge in [-0.05, 0) is 13.0 Å². The van der Waals surface area contributed by atoms with E-state index in [4.69, 9.17) is 15.2 Å². The number of benzene rings is 1. The third kappa shape index (κ3) is 3.31. The van der Waals surface area contributed by atoms with E-state index in [1.165, 1.54) is 0 Å². The van der Waals surface area contributed by atoms with Crippen molar-refractivity contribution in [2.45, 2.75) is 6.92 Å². The van der Waals surface area contributed by atoms with Crippen LogP contribution in [-0.2, 0) is 4.74 Å². The zero-order valence-corrected chi connectivity index (χ0v) is 10.2. The number of ether oxygens (including phenoxy) is 2. The first kappa shape index (κ1) is 12.6. The molecule has 1 rings (SSSR count). The number of hydrogen-bond acceptors (Lipinski definition) is 4. The molecule has 0 saturated carbocycles. The van der Waals surface area contributed by atoms with Gasteiger partial charge in [0.2, 0.25) is 0 Å². The van der Waals surface area contributed by atoms with Crippen molar-refractivity contribution in [2.24, 2.45) is 0 Å². The van der Waals surface area contributed by atoms with E-state index in [1.807, 2.05) is 18.2 Å². The van der Waals surface area contributed by atoms with E-state index in [0.29, 0.717) is 12.3 Å². The van der Waals surface area contributed by atoms with Gasteiger partial charge >= 0.3 is 0 Å². The third-order valence-corrected chi connectivity index (χ3v) is 2.46. The molecule has 1 aromatic carbocycles. The average Bonchev–Trinajstić information content (AvgIpc) is 2.29. The van der Waals surface area contributed by atoms with Crippen LogP contribution in [0, 0.1) is 0 Å². The van der Waals surface area contributed by atoms with Crippen LogP contribution in [0.15, 0.2) is 18.2 Å². The van der Waals surface area contributed by atoms with Gasteiger partial charge in [0, 0.05) is 43.7 Å². The highest BCUT2D eigenvalue weighted by molar-refractivity contribution is 5.60. The lowest BCUT2D eigenvalue weighted by Gasteiger charge is -2.23. The lowest BCUT2D eigenvalue weighted by molar-refractivity contribution is 0.205. The number of rotatable bonds is 6. The zero-order chi connectivity index (χ0) is 12.0. The summed E-state index contributed by atoms with van der Waals surface area (Å²) in [7, 11) is 3.35. The fourth-order valence-electron chi connectivity index (χ4n) is 1.58. The third-order valence-electron chi connectivity index (χ3n) is 2.46. The van der Waals surface area contributed by atoms with Gasteiger partial charge < -0.3 is 20.1 Å². The van der Waals surface area contributed by atoms with Crippen LogP contribution in [-0.4, -0.2) is 33.9 Å². The van der Waals surface area contributed by atoms with Gasteiger partial charge in [0.25, 0.3) is 0 Å². The van der Waals surface area contributed by atoms with E-state index in [1.54, 1.807) is 14.2 Å². The molecule has 16 heavy (non-hydrogen) atoms. The predicted molar refractivity (Wildman–Crippen MR) is 67.2 cm³/mol. The lowest BCUT2D eigenvalue weighted by atomic mass is 10.2. The summed E-state index contributed by atoms with van der Waals surface area (Å²) >= 11 is 0. The van der Waals surface area contributed by atoms with Gasteiger partial charge in [0.15, 0.2) is 0 Å². The van der Waals surface area contributed by atoms with Gasteiger partial charge in [-0.25, -0.2) is 0 Å². The van der Waals surface area contributed by atoms with Crippen LogP contribution < -0.4 is 15.4 Å². The first-order valence-corrected chi connectivity index (χ1v) is 5.39. The summed E-state index contributed by atoms with van der Waals surface area (Å²) in [5.41, 5.74) is 7.60. The average molecular weight is 224 g/mol. The molecule has 0 radical (unpaired) electrons. The minimum atomic E-state index is 0.699. The minimum Gasteiger partial charge on any atom is -0.497 e. The van der Waals surface area contributed by atoms with E-state index < -0.39 is 0 Å². The summed E-state index contributed by atoms with van der Waals surface area (Å²) < 4.78 is 10.3. The SMILES string of the molecule is CCN(CCOC)c1cc(N)cc(OC)c1. The summed E-state index contributed by atoms with van der Waals surface area (Å²) in [6, 6.07) is 5.74. The second kappa shape index (κ2) is 6.23. The predicted octanol–water partition coefficient (Wildman–Crippen LogP) is 1.75. The molecule has 0 aliphatic carbocycles. The number of likely N-dealkylation sites (N-methyl/N-ethyl adjacent to an activating group) is 1. The summed E-state index contributed by atoms with van der Waals surface area (Å²) in [4.78, 5) is 2.20. The summed E-state index contributed by atoms with van der Waals surface area (Å²) in [5.74, 6) is 0.783. The molecule has 1 aromatic rings. The molecule has 0 bridgehead atoms. The number of methoxy groups -OCH3 is 2. The van der Waals surface area contributed by atoms with E-state index in [-0.39, 0.29) is 0 Å². The van der Waals surface area contributed by atoms with Crippen LogP contribution in [0.1, 0.15) is 6.92 Å². The van der Waals surface area contributed by atoms with Gasteiger partial charge in [-0.2, -0.15) is 0 Å². The monoisotopic (exact) mass is 224 g/mol. The van der Waals surface area contributed by atoms with Crippen molar-refractivity contribution in [3.8, 4) is 5.75 Å². The van der Waals surface area contributed by atoms with Crippen LogP contribution >= 0.6 is 0 Å². The molecule has 90 valence electrons. The minimum absolute atomic E-state index is 0.699. The second-order valence-electron chi connectivity index (χ2n) is 3.54. The Bertz CT molecular complexity index is 329. The maximum atomic E-state index is 5.82. The van der Waals surface area contributed by atoms with E-state index >= 15 is 0 Å². The van der Waals surface area contributed by atoms with E-state index in [0.717, 1.165) is 24.5 Å². The van der Waals surface area contributed by atoms with E-state index in [2.05, 4.69) is 11.8 Å². The molecular weight excluding hydrogens is 204 g/mol. The van der Waals surface area contributed by atoms with Crippen molar-refractivity contribution in [2.75, 3.05) is 44.5 Å². The van der Waals surface area contributed by atoms with Gasteiger partial charge in [-0.3, -0.25) is 0 Å². The van der Waals surface area contributed by atoms with Crippen molar-refractivity contribution < 1.29 is 9.47 Å². The molecule has 0 aliphatic heterocycles. The van der Waals surface area contributed by atoms with Crippen molar-refractivity contribution in [3.63, 3.8) is 0 Å². The summed E-state index contributed by atoms with van der Waals surface area (Å²) in [6.45, 7) is 4.56. The Morgan fingerprint density at radius 1 is 1.25 bits per heavy atom. The van der Waals surface area contributed by atoms with Crippen LogP contribution in [0.5, 0.6) is 5.75 Å². The quantitative estimate of drug-likeness (QED) is 0.748. The fourth-order valence-corrected chi connectivity index (χ4v) is 1.58. The molecule has 0 heterocycles. The highest BCUT2D eigenvalue weighted by Crippen LogP contribution is 2.25. The van der Waals surface area contributed by atoms with Gasteiger partial charge in [-0.1, -0.05) is 0 Å². The first-order valence-electron chi connectivity index (χ1n) is 5.39. The standard InChI is InChI=1S/C12H20N2O2/c1-4-14(5-6-15-2)11-7-10(13)8-12(9-11)16-3/h7-9H,4-6,13H2,1-3H3. The Hall–Kier alpha value is -1.42. The fraction of sp³-hybridized carbons (Fsp3) is 0.500. The Morgan fingerprint density at radius 2 is 2.00 bits per heavy atom. The van der Waals surface area contributed by atoms with E-state index in [9.17, 15) is 0 Å². The second-order valence-corrected chi connectivity index (χ2v) is 3.54. The molecule has 0 saturated heterocycles. The normalized spacial score (nSPS) is 10.2. The zero-order valence-electron chi connectivity index (χ0n) is 10.2.